The number of alkyl halides is 1. The molecule has 0 aromatic carbocycles. The van der Waals surface area contributed by atoms with E-state index >= 15 is 0 Å². The fraction of sp³-hybridized carbons (Fsp3) is 0.250. The van der Waals surface area contributed by atoms with Crippen molar-refractivity contribution < 1.29 is 4.39 Å². The van der Waals surface area contributed by atoms with Crippen LogP contribution < -0.4 is 0 Å². The first-order valence-corrected chi connectivity index (χ1v) is 8.60. The average molecular weight is 378 g/mol. The molecule has 3 nitrogen and oxygen atoms in total. The lowest BCUT2D eigenvalue weighted by Gasteiger charge is -2.30. The molecule has 4 rings (SSSR count). The summed E-state index contributed by atoms with van der Waals surface area (Å²) >= 11 is 4.98. The fourth-order valence-electron chi connectivity index (χ4n) is 2.78. The van der Waals surface area contributed by atoms with E-state index in [1.165, 1.54) is 11.3 Å². The standard InChI is InChI=1S/C16H13BrFN3S/c1-16(2)15(18)11-5-6-22-14(11)13(20-16)9-7-10-3-4-12(17)21(10)19-8-9/h3-8,15H,1-2H3. The number of fused-ring (bicyclic) bond motifs is 2. The summed E-state index contributed by atoms with van der Waals surface area (Å²) in [5.41, 5.74) is 2.69. The van der Waals surface area contributed by atoms with E-state index in [4.69, 9.17) is 0 Å². The van der Waals surface area contributed by atoms with E-state index in [2.05, 4.69) is 26.0 Å². The Morgan fingerprint density at radius 2 is 2.14 bits per heavy atom. The van der Waals surface area contributed by atoms with Crippen molar-refractivity contribution in [1.29, 1.82) is 0 Å². The summed E-state index contributed by atoms with van der Waals surface area (Å²) in [5, 5.41) is 6.36. The van der Waals surface area contributed by atoms with Crippen molar-refractivity contribution in [2.45, 2.75) is 25.6 Å². The molecule has 0 N–H and O–H groups in total. The van der Waals surface area contributed by atoms with Crippen molar-refractivity contribution in [1.82, 2.24) is 9.61 Å². The minimum Gasteiger partial charge on any atom is -0.274 e. The first-order chi connectivity index (χ1) is 10.5. The summed E-state index contributed by atoms with van der Waals surface area (Å²) in [6.07, 6.45) is 0.714. The van der Waals surface area contributed by atoms with Gasteiger partial charge < -0.3 is 0 Å². The van der Waals surface area contributed by atoms with E-state index in [0.29, 0.717) is 0 Å². The number of halogens is 2. The molecule has 0 saturated carbocycles. The minimum atomic E-state index is -1.07. The van der Waals surface area contributed by atoms with Crippen LogP contribution in [0.25, 0.3) is 5.52 Å². The SMILES string of the molecule is CC1(C)N=C(c2cnn3c(Br)ccc3c2)c2sccc2C1F. The third kappa shape index (κ3) is 1.97. The second kappa shape index (κ2) is 4.73. The van der Waals surface area contributed by atoms with Crippen LogP contribution in [0.5, 0.6) is 0 Å². The molecular weight excluding hydrogens is 365 g/mol. The lowest BCUT2D eigenvalue weighted by molar-refractivity contribution is 0.222. The molecule has 0 fully saturated rings. The molecule has 0 radical (unpaired) electrons. The van der Waals surface area contributed by atoms with Crippen molar-refractivity contribution in [2.24, 2.45) is 4.99 Å². The van der Waals surface area contributed by atoms with E-state index in [1.54, 1.807) is 6.20 Å². The van der Waals surface area contributed by atoms with Crippen LogP contribution in [0.3, 0.4) is 0 Å². The highest BCUT2D eigenvalue weighted by Crippen LogP contribution is 2.42. The summed E-state index contributed by atoms with van der Waals surface area (Å²) in [4.78, 5) is 5.59. The van der Waals surface area contributed by atoms with Crippen LogP contribution in [0, 0.1) is 0 Å². The zero-order chi connectivity index (χ0) is 15.5. The Hall–Kier alpha value is -1.53. The monoisotopic (exact) mass is 377 g/mol. The summed E-state index contributed by atoms with van der Waals surface area (Å²) in [6.45, 7) is 3.66. The molecule has 0 saturated heterocycles. The molecule has 0 amide bonds. The third-order valence-electron chi connectivity index (χ3n) is 3.93. The molecule has 1 aliphatic heterocycles. The Labute approximate surface area is 139 Å². The molecule has 0 aliphatic carbocycles. The van der Waals surface area contributed by atoms with Crippen molar-refractivity contribution >= 4 is 38.5 Å². The van der Waals surface area contributed by atoms with Crippen LogP contribution in [0.2, 0.25) is 0 Å². The van der Waals surface area contributed by atoms with Gasteiger partial charge in [-0.3, -0.25) is 4.99 Å². The number of aromatic nitrogens is 2. The number of nitrogens with zero attached hydrogens (tertiary/aromatic N) is 3. The van der Waals surface area contributed by atoms with Crippen molar-refractivity contribution in [3.8, 4) is 0 Å². The van der Waals surface area contributed by atoms with Gasteiger partial charge in [-0.25, -0.2) is 8.91 Å². The first kappa shape index (κ1) is 14.1. The van der Waals surface area contributed by atoms with Gasteiger partial charge in [0.1, 0.15) is 4.60 Å². The molecule has 1 aliphatic rings. The Balaban J connectivity index is 1.93. The van der Waals surface area contributed by atoms with Gasteiger partial charge in [0, 0.05) is 11.1 Å². The van der Waals surface area contributed by atoms with E-state index < -0.39 is 11.7 Å². The van der Waals surface area contributed by atoms with Crippen LogP contribution in [-0.4, -0.2) is 20.9 Å². The van der Waals surface area contributed by atoms with E-state index in [1.807, 2.05) is 48.0 Å². The molecule has 3 aromatic rings. The lowest BCUT2D eigenvalue weighted by atomic mass is 9.88. The van der Waals surface area contributed by atoms with Gasteiger partial charge in [-0.2, -0.15) is 5.10 Å². The molecule has 1 atom stereocenters. The maximum absolute atomic E-state index is 14.6. The van der Waals surface area contributed by atoms with Crippen LogP contribution in [0.15, 0.2) is 45.4 Å². The van der Waals surface area contributed by atoms with Crippen LogP contribution >= 0.6 is 27.3 Å². The number of hydrogen-bond acceptors (Lipinski definition) is 3. The van der Waals surface area contributed by atoms with E-state index in [9.17, 15) is 4.39 Å². The van der Waals surface area contributed by atoms with Gasteiger partial charge in [-0.05, 0) is 59.4 Å². The lowest BCUT2D eigenvalue weighted by Crippen LogP contribution is -2.31. The Morgan fingerprint density at radius 1 is 1.32 bits per heavy atom. The van der Waals surface area contributed by atoms with Crippen LogP contribution in [0.1, 0.15) is 36.0 Å². The molecular formula is C16H13BrFN3S. The smallest absolute Gasteiger partial charge is 0.151 e. The quantitative estimate of drug-likeness (QED) is 0.598. The highest BCUT2D eigenvalue weighted by molar-refractivity contribution is 9.10. The van der Waals surface area contributed by atoms with Gasteiger partial charge in [0.15, 0.2) is 6.17 Å². The molecule has 4 heterocycles. The molecule has 6 heteroatoms. The van der Waals surface area contributed by atoms with Gasteiger partial charge in [-0.1, -0.05) is 0 Å². The molecule has 1 unspecified atom stereocenters. The third-order valence-corrected chi connectivity index (χ3v) is 5.47. The zero-order valence-electron chi connectivity index (χ0n) is 12.0. The van der Waals surface area contributed by atoms with Gasteiger partial charge >= 0.3 is 0 Å². The van der Waals surface area contributed by atoms with Gasteiger partial charge in [0.2, 0.25) is 0 Å². The summed E-state index contributed by atoms with van der Waals surface area (Å²) < 4.78 is 17.3. The van der Waals surface area contributed by atoms with Gasteiger partial charge in [0.25, 0.3) is 0 Å². The van der Waals surface area contributed by atoms with E-state index in [-0.39, 0.29) is 0 Å². The maximum Gasteiger partial charge on any atom is 0.151 e. The van der Waals surface area contributed by atoms with E-state index in [0.717, 1.165) is 31.8 Å². The van der Waals surface area contributed by atoms with Crippen LogP contribution in [0.4, 0.5) is 4.39 Å². The molecule has 22 heavy (non-hydrogen) atoms. The van der Waals surface area contributed by atoms with Gasteiger partial charge in [0.05, 0.1) is 27.8 Å². The second-order valence-electron chi connectivity index (χ2n) is 5.92. The predicted molar refractivity (Wildman–Crippen MR) is 90.8 cm³/mol. The maximum atomic E-state index is 14.6. The molecule has 112 valence electrons. The predicted octanol–water partition coefficient (Wildman–Crippen LogP) is 4.80. The zero-order valence-corrected chi connectivity index (χ0v) is 14.4. The molecule has 3 aromatic heterocycles. The number of aliphatic imine (C=N–C) groups is 1. The van der Waals surface area contributed by atoms with Crippen molar-refractivity contribution in [3.05, 3.63) is 56.4 Å². The molecule has 0 bridgehead atoms. The summed E-state index contributed by atoms with van der Waals surface area (Å²) in [5.74, 6) is 0. The fourth-order valence-corrected chi connectivity index (χ4v) is 4.14. The highest BCUT2D eigenvalue weighted by atomic mass is 79.9. The Kier molecular flexibility index (Phi) is 3.03. The first-order valence-electron chi connectivity index (χ1n) is 6.93. The van der Waals surface area contributed by atoms with Crippen LogP contribution in [-0.2, 0) is 0 Å². The summed E-state index contributed by atoms with van der Waals surface area (Å²) in [7, 11) is 0. The minimum absolute atomic E-state index is 0.733. The second-order valence-corrected chi connectivity index (χ2v) is 7.65. The largest absolute Gasteiger partial charge is 0.274 e. The average Bonchev–Trinajstić information content (AvgIpc) is 3.10. The number of hydrogen-bond donors (Lipinski definition) is 0. The van der Waals surface area contributed by atoms with Crippen molar-refractivity contribution in [2.75, 3.05) is 0 Å². The van der Waals surface area contributed by atoms with Crippen molar-refractivity contribution in [3.63, 3.8) is 0 Å². The number of thiophene rings is 1. The normalized spacial score (nSPS) is 20.0. The Bertz CT molecular complexity index is 909. The Morgan fingerprint density at radius 3 is 2.95 bits per heavy atom. The molecule has 0 spiro atoms. The number of rotatable bonds is 1. The topological polar surface area (TPSA) is 29.7 Å². The summed E-state index contributed by atoms with van der Waals surface area (Å²) in [6, 6.07) is 7.84. The highest BCUT2D eigenvalue weighted by Gasteiger charge is 2.38. The van der Waals surface area contributed by atoms with Gasteiger partial charge in [-0.15, -0.1) is 11.3 Å².